The molecule has 0 unspecified atom stereocenters. The number of amides is 1. The van der Waals surface area contributed by atoms with Crippen molar-refractivity contribution in [3.05, 3.63) is 58.4 Å². The van der Waals surface area contributed by atoms with Crippen molar-refractivity contribution in [1.82, 2.24) is 9.88 Å². The van der Waals surface area contributed by atoms with E-state index in [1.165, 1.54) is 17.8 Å². The zero-order chi connectivity index (χ0) is 20.8. The van der Waals surface area contributed by atoms with Crippen LogP contribution in [0.25, 0.3) is 0 Å². The van der Waals surface area contributed by atoms with Gasteiger partial charge in [0.1, 0.15) is 0 Å². The van der Waals surface area contributed by atoms with Crippen LogP contribution in [0.15, 0.2) is 47.6 Å². The van der Waals surface area contributed by atoms with Crippen molar-refractivity contribution in [2.24, 2.45) is 5.92 Å². The molecule has 154 valence electrons. The Hall–Kier alpha value is -2.61. The molecule has 1 fully saturated rings. The number of piperazine rings is 1. The molecule has 7 nitrogen and oxygen atoms in total. The Morgan fingerprint density at radius 2 is 1.86 bits per heavy atom. The minimum Gasteiger partial charge on any atom is -0.368 e. The van der Waals surface area contributed by atoms with E-state index in [1.54, 1.807) is 29.4 Å². The number of carbonyl (C=O) groups is 1. The highest BCUT2D eigenvalue weighted by molar-refractivity contribution is 7.99. The van der Waals surface area contributed by atoms with E-state index in [2.05, 4.69) is 23.7 Å². The first-order valence-electron chi connectivity index (χ1n) is 9.81. The lowest BCUT2D eigenvalue weighted by Crippen LogP contribution is -2.48. The molecule has 1 amide bonds. The molecule has 0 aliphatic carbocycles. The molecule has 8 heteroatoms. The van der Waals surface area contributed by atoms with E-state index in [9.17, 15) is 14.9 Å². The number of nitro benzene ring substituents is 1. The van der Waals surface area contributed by atoms with E-state index < -0.39 is 4.92 Å². The van der Waals surface area contributed by atoms with E-state index >= 15 is 0 Å². The van der Waals surface area contributed by atoms with Crippen LogP contribution in [0.4, 0.5) is 11.4 Å². The van der Waals surface area contributed by atoms with Crippen molar-refractivity contribution in [1.29, 1.82) is 0 Å². The van der Waals surface area contributed by atoms with Gasteiger partial charge >= 0.3 is 0 Å². The topological polar surface area (TPSA) is 79.6 Å². The summed E-state index contributed by atoms with van der Waals surface area (Å²) >= 11 is 1.48. The number of carbonyl (C=O) groups excluding carboxylic acids is 1. The maximum absolute atomic E-state index is 12.9. The third-order valence-electron chi connectivity index (χ3n) is 4.95. The standard InChI is InChI=1S/C21H26N4O3S/c1-16(2)7-14-29-20-4-3-17(15-19(20)25(27)28)21(26)24-12-10-23(11-13-24)18-5-8-22-9-6-18/h3-6,8-9,15-16H,7,10-14H2,1-2H3. The van der Waals surface area contributed by atoms with Crippen molar-refractivity contribution in [3.8, 4) is 0 Å². The second-order valence-electron chi connectivity index (χ2n) is 7.46. The molecule has 29 heavy (non-hydrogen) atoms. The summed E-state index contributed by atoms with van der Waals surface area (Å²) in [5.74, 6) is 1.22. The van der Waals surface area contributed by atoms with Gasteiger partial charge in [0.15, 0.2) is 0 Å². The number of anilines is 1. The third kappa shape index (κ3) is 5.47. The zero-order valence-electron chi connectivity index (χ0n) is 16.8. The normalized spacial score (nSPS) is 14.3. The Morgan fingerprint density at radius 3 is 2.48 bits per heavy atom. The number of hydrogen-bond donors (Lipinski definition) is 0. The van der Waals surface area contributed by atoms with Crippen LogP contribution in [0, 0.1) is 16.0 Å². The van der Waals surface area contributed by atoms with Gasteiger partial charge in [-0.15, -0.1) is 11.8 Å². The van der Waals surface area contributed by atoms with E-state index in [1.807, 2.05) is 12.1 Å². The predicted molar refractivity (Wildman–Crippen MR) is 116 cm³/mol. The second-order valence-corrected chi connectivity index (χ2v) is 8.59. The Kier molecular flexibility index (Phi) is 7.09. The number of aromatic nitrogens is 1. The first-order chi connectivity index (χ1) is 14.0. The van der Waals surface area contributed by atoms with Gasteiger partial charge in [0, 0.05) is 55.9 Å². The molecule has 0 N–H and O–H groups in total. The number of rotatable bonds is 7. The highest BCUT2D eigenvalue weighted by Gasteiger charge is 2.25. The monoisotopic (exact) mass is 414 g/mol. The van der Waals surface area contributed by atoms with E-state index in [0.29, 0.717) is 29.5 Å². The summed E-state index contributed by atoms with van der Waals surface area (Å²) < 4.78 is 0. The molecular formula is C21H26N4O3S. The minimum atomic E-state index is -0.393. The van der Waals surface area contributed by atoms with Gasteiger partial charge < -0.3 is 9.80 Å². The van der Waals surface area contributed by atoms with Crippen LogP contribution < -0.4 is 4.90 Å². The molecule has 0 spiro atoms. The van der Waals surface area contributed by atoms with Gasteiger partial charge in [-0.3, -0.25) is 19.9 Å². The van der Waals surface area contributed by atoms with E-state index in [-0.39, 0.29) is 11.6 Å². The Morgan fingerprint density at radius 1 is 1.17 bits per heavy atom. The molecule has 3 rings (SSSR count). The molecule has 0 saturated carbocycles. The molecule has 2 aromatic rings. The Balaban J connectivity index is 1.66. The van der Waals surface area contributed by atoms with Crippen LogP contribution in [0.2, 0.25) is 0 Å². The molecule has 1 aliphatic rings. The van der Waals surface area contributed by atoms with Crippen molar-refractivity contribution in [2.75, 3.05) is 36.8 Å². The largest absolute Gasteiger partial charge is 0.368 e. The van der Waals surface area contributed by atoms with Crippen LogP contribution in [-0.4, -0.2) is 52.6 Å². The molecule has 1 aliphatic heterocycles. The smallest absolute Gasteiger partial charge is 0.283 e. The Labute approximate surface area is 175 Å². The number of hydrogen-bond acceptors (Lipinski definition) is 6. The maximum Gasteiger partial charge on any atom is 0.283 e. The number of benzene rings is 1. The number of pyridine rings is 1. The summed E-state index contributed by atoms with van der Waals surface area (Å²) in [5.41, 5.74) is 1.48. The summed E-state index contributed by atoms with van der Waals surface area (Å²) in [7, 11) is 0. The maximum atomic E-state index is 12.9. The van der Waals surface area contributed by atoms with E-state index in [0.717, 1.165) is 31.0 Å². The quantitative estimate of drug-likeness (QED) is 0.386. The van der Waals surface area contributed by atoms with Gasteiger partial charge in [-0.2, -0.15) is 0 Å². The number of nitro groups is 1. The molecule has 0 radical (unpaired) electrons. The van der Waals surface area contributed by atoms with Crippen LogP contribution in [0.1, 0.15) is 30.6 Å². The second kappa shape index (κ2) is 9.73. The zero-order valence-corrected chi connectivity index (χ0v) is 17.6. The highest BCUT2D eigenvalue weighted by atomic mass is 32.2. The van der Waals surface area contributed by atoms with Gasteiger partial charge in [-0.05, 0) is 42.4 Å². The van der Waals surface area contributed by atoms with Crippen molar-refractivity contribution >= 4 is 29.0 Å². The molecule has 0 atom stereocenters. The first-order valence-corrected chi connectivity index (χ1v) is 10.8. The summed E-state index contributed by atoms with van der Waals surface area (Å²) in [6.45, 7) is 6.87. The summed E-state index contributed by atoms with van der Waals surface area (Å²) in [4.78, 5) is 32.7. The average molecular weight is 415 g/mol. The van der Waals surface area contributed by atoms with Gasteiger partial charge in [0.25, 0.3) is 11.6 Å². The van der Waals surface area contributed by atoms with E-state index in [4.69, 9.17) is 0 Å². The van der Waals surface area contributed by atoms with Gasteiger partial charge in [0.05, 0.1) is 9.82 Å². The SMILES string of the molecule is CC(C)CCSc1ccc(C(=O)N2CCN(c3ccncc3)CC2)cc1[N+](=O)[O-]. The van der Waals surface area contributed by atoms with Gasteiger partial charge in [-0.25, -0.2) is 0 Å². The summed E-state index contributed by atoms with van der Waals surface area (Å²) in [6.07, 6.45) is 4.50. The third-order valence-corrected chi connectivity index (χ3v) is 6.05. The number of thioether (sulfide) groups is 1. The van der Waals surface area contributed by atoms with Crippen LogP contribution >= 0.6 is 11.8 Å². The fourth-order valence-corrected chi connectivity index (χ4v) is 4.48. The summed E-state index contributed by atoms with van der Waals surface area (Å²) in [5, 5.41) is 11.5. The lowest BCUT2D eigenvalue weighted by Gasteiger charge is -2.36. The lowest BCUT2D eigenvalue weighted by atomic mass is 10.1. The van der Waals surface area contributed by atoms with Crippen LogP contribution in [0.3, 0.4) is 0 Å². The average Bonchev–Trinajstić information content (AvgIpc) is 2.74. The number of nitrogens with zero attached hydrogens (tertiary/aromatic N) is 4. The molecule has 0 bridgehead atoms. The van der Waals surface area contributed by atoms with Crippen LogP contribution in [-0.2, 0) is 0 Å². The van der Waals surface area contributed by atoms with Crippen molar-refractivity contribution < 1.29 is 9.72 Å². The van der Waals surface area contributed by atoms with Crippen molar-refractivity contribution in [3.63, 3.8) is 0 Å². The van der Waals surface area contributed by atoms with Crippen LogP contribution in [0.5, 0.6) is 0 Å². The molecule has 1 saturated heterocycles. The molecule has 2 heterocycles. The van der Waals surface area contributed by atoms with Gasteiger partial charge in [-0.1, -0.05) is 13.8 Å². The fourth-order valence-electron chi connectivity index (χ4n) is 3.22. The minimum absolute atomic E-state index is 0.0139. The van der Waals surface area contributed by atoms with Crippen molar-refractivity contribution in [2.45, 2.75) is 25.2 Å². The molecule has 1 aromatic heterocycles. The Bertz CT molecular complexity index is 852. The van der Waals surface area contributed by atoms with Gasteiger partial charge in [0.2, 0.25) is 0 Å². The fraction of sp³-hybridized carbons (Fsp3) is 0.429. The lowest BCUT2D eigenvalue weighted by molar-refractivity contribution is -0.387. The predicted octanol–water partition coefficient (Wildman–Crippen LogP) is 4.09. The molecule has 1 aromatic carbocycles. The molecular weight excluding hydrogens is 388 g/mol. The first kappa shape index (κ1) is 21.1. The summed E-state index contributed by atoms with van der Waals surface area (Å²) in [6, 6.07) is 8.76. The highest BCUT2D eigenvalue weighted by Crippen LogP contribution is 2.31.